The lowest BCUT2D eigenvalue weighted by Crippen LogP contribution is -2.43. The third-order valence-electron chi connectivity index (χ3n) is 4.45. The third-order valence-corrected chi connectivity index (χ3v) is 4.45. The molecule has 2 aromatic rings. The quantitative estimate of drug-likeness (QED) is 0.681. The number of hydrogen-bond donors (Lipinski definition) is 1. The van der Waals surface area contributed by atoms with Gasteiger partial charge in [-0.25, -0.2) is 4.98 Å². The highest BCUT2D eigenvalue weighted by molar-refractivity contribution is 5.99. The van der Waals surface area contributed by atoms with Crippen LogP contribution in [0.3, 0.4) is 0 Å². The van der Waals surface area contributed by atoms with Crippen molar-refractivity contribution in [3.8, 4) is 0 Å². The van der Waals surface area contributed by atoms with Gasteiger partial charge in [0.05, 0.1) is 17.9 Å². The standard InChI is InChI=1S/C17H24N4O/c1-20(2)12-21(14-6-4-3-5-7-14)16-13(11-22)10-19-17-15(16)8-9-18-17/h8-11,14H,3-7,12H2,1-2H3,(H,18,19). The van der Waals surface area contributed by atoms with Gasteiger partial charge in [0.1, 0.15) is 5.65 Å². The van der Waals surface area contributed by atoms with Crippen LogP contribution in [0.4, 0.5) is 5.69 Å². The molecule has 1 fully saturated rings. The Balaban J connectivity index is 2.09. The molecule has 22 heavy (non-hydrogen) atoms. The van der Waals surface area contributed by atoms with Crippen molar-refractivity contribution in [2.24, 2.45) is 0 Å². The Hall–Kier alpha value is -1.88. The molecule has 2 aromatic heterocycles. The summed E-state index contributed by atoms with van der Waals surface area (Å²) in [5.41, 5.74) is 2.56. The fraction of sp³-hybridized carbons (Fsp3) is 0.529. The minimum absolute atomic E-state index is 0.496. The molecule has 0 saturated heterocycles. The molecule has 1 aliphatic rings. The highest BCUT2D eigenvalue weighted by Crippen LogP contribution is 2.33. The summed E-state index contributed by atoms with van der Waals surface area (Å²) >= 11 is 0. The average Bonchev–Trinajstić information content (AvgIpc) is 3.01. The Kier molecular flexibility index (Phi) is 4.43. The minimum Gasteiger partial charge on any atom is -0.354 e. The Labute approximate surface area is 131 Å². The lowest BCUT2D eigenvalue weighted by molar-refractivity contribution is 0.112. The summed E-state index contributed by atoms with van der Waals surface area (Å²) in [6.45, 7) is 0.815. The molecule has 0 aliphatic heterocycles. The first-order valence-electron chi connectivity index (χ1n) is 8.03. The van der Waals surface area contributed by atoms with Gasteiger partial charge in [-0.15, -0.1) is 0 Å². The monoisotopic (exact) mass is 300 g/mol. The van der Waals surface area contributed by atoms with E-state index in [4.69, 9.17) is 0 Å². The zero-order valence-corrected chi connectivity index (χ0v) is 13.4. The lowest BCUT2D eigenvalue weighted by Gasteiger charge is -2.38. The van der Waals surface area contributed by atoms with Gasteiger partial charge in [-0.05, 0) is 33.0 Å². The Morgan fingerprint density at radius 3 is 2.77 bits per heavy atom. The molecule has 0 bridgehead atoms. The van der Waals surface area contributed by atoms with Gasteiger partial charge in [0.2, 0.25) is 0 Å². The summed E-state index contributed by atoms with van der Waals surface area (Å²) in [6.07, 6.45) is 10.8. The minimum atomic E-state index is 0.496. The van der Waals surface area contributed by atoms with Gasteiger partial charge in [-0.1, -0.05) is 19.3 Å². The fourth-order valence-electron chi connectivity index (χ4n) is 3.48. The molecule has 0 aromatic carbocycles. The van der Waals surface area contributed by atoms with Crippen molar-refractivity contribution in [2.45, 2.75) is 38.1 Å². The van der Waals surface area contributed by atoms with Gasteiger partial charge in [-0.3, -0.25) is 9.69 Å². The molecule has 2 heterocycles. The van der Waals surface area contributed by atoms with Gasteiger partial charge < -0.3 is 9.88 Å². The summed E-state index contributed by atoms with van der Waals surface area (Å²) in [5.74, 6) is 0. The normalized spacial score (nSPS) is 16.3. The molecule has 0 unspecified atom stereocenters. The molecule has 1 aliphatic carbocycles. The van der Waals surface area contributed by atoms with Crippen molar-refractivity contribution < 1.29 is 4.79 Å². The number of aromatic nitrogens is 2. The predicted octanol–water partition coefficient (Wildman–Crippen LogP) is 3.03. The molecule has 118 valence electrons. The van der Waals surface area contributed by atoms with Crippen LogP contribution in [0, 0.1) is 0 Å². The maximum atomic E-state index is 11.6. The second kappa shape index (κ2) is 6.48. The number of carbonyl (C=O) groups is 1. The zero-order valence-electron chi connectivity index (χ0n) is 13.4. The first-order chi connectivity index (χ1) is 10.7. The van der Waals surface area contributed by atoms with E-state index in [9.17, 15) is 4.79 Å². The summed E-state index contributed by atoms with van der Waals surface area (Å²) in [7, 11) is 4.15. The Bertz CT molecular complexity index is 643. The molecule has 1 N–H and O–H groups in total. The van der Waals surface area contributed by atoms with Crippen LogP contribution in [-0.4, -0.2) is 48.0 Å². The smallest absolute Gasteiger partial charge is 0.153 e. The molecule has 0 radical (unpaired) electrons. The lowest BCUT2D eigenvalue weighted by atomic mass is 9.93. The van der Waals surface area contributed by atoms with E-state index in [-0.39, 0.29) is 0 Å². The van der Waals surface area contributed by atoms with Crippen LogP contribution >= 0.6 is 0 Å². The van der Waals surface area contributed by atoms with Crippen molar-refractivity contribution in [3.05, 3.63) is 24.0 Å². The largest absolute Gasteiger partial charge is 0.354 e. The maximum absolute atomic E-state index is 11.6. The Morgan fingerprint density at radius 2 is 2.09 bits per heavy atom. The van der Waals surface area contributed by atoms with E-state index in [1.54, 1.807) is 6.20 Å². The summed E-state index contributed by atoms with van der Waals surface area (Å²) in [4.78, 5) is 23.7. The number of aldehydes is 1. The number of pyridine rings is 1. The number of carbonyl (C=O) groups excluding carboxylic acids is 1. The van der Waals surface area contributed by atoms with Gasteiger partial charge in [0.15, 0.2) is 6.29 Å². The van der Waals surface area contributed by atoms with Gasteiger partial charge >= 0.3 is 0 Å². The molecule has 5 nitrogen and oxygen atoms in total. The zero-order chi connectivity index (χ0) is 15.5. The van der Waals surface area contributed by atoms with E-state index in [1.807, 2.05) is 12.3 Å². The number of rotatable bonds is 5. The fourth-order valence-corrected chi connectivity index (χ4v) is 3.48. The van der Waals surface area contributed by atoms with Gasteiger partial charge in [0.25, 0.3) is 0 Å². The van der Waals surface area contributed by atoms with Gasteiger partial charge in [0, 0.05) is 23.8 Å². The van der Waals surface area contributed by atoms with Crippen LogP contribution in [0.5, 0.6) is 0 Å². The number of fused-ring (bicyclic) bond motifs is 1. The summed E-state index contributed by atoms with van der Waals surface area (Å²) < 4.78 is 0. The summed E-state index contributed by atoms with van der Waals surface area (Å²) in [5, 5.41) is 1.04. The van der Waals surface area contributed by atoms with E-state index in [1.165, 1.54) is 32.1 Å². The number of hydrogen-bond acceptors (Lipinski definition) is 4. The molecule has 5 heteroatoms. The van der Waals surface area contributed by atoms with E-state index in [0.29, 0.717) is 11.6 Å². The highest BCUT2D eigenvalue weighted by Gasteiger charge is 2.25. The molecular formula is C17H24N4O. The van der Waals surface area contributed by atoms with Crippen LogP contribution in [0.15, 0.2) is 18.5 Å². The average molecular weight is 300 g/mol. The van der Waals surface area contributed by atoms with Crippen LogP contribution in [0.25, 0.3) is 11.0 Å². The van der Waals surface area contributed by atoms with Crippen molar-refractivity contribution in [1.82, 2.24) is 14.9 Å². The third kappa shape index (κ3) is 2.86. The van der Waals surface area contributed by atoms with Crippen molar-refractivity contribution >= 4 is 23.0 Å². The first-order valence-corrected chi connectivity index (χ1v) is 8.03. The van der Waals surface area contributed by atoms with Gasteiger partial charge in [-0.2, -0.15) is 0 Å². The van der Waals surface area contributed by atoms with Crippen molar-refractivity contribution in [3.63, 3.8) is 0 Å². The number of nitrogens with zero attached hydrogens (tertiary/aromatic N) is 3. The Morgan fingerprint density at radius 1 is 1.32 bits per heavy atom. The van der Waals surface area contributed by atoms with E-state index >= 15 is 0 Å². The molecule has 3 rings (SSSR count). The van der Waals surface area contributed by atoms with Crippen LogP contribution in [-0.2, 0) is 0 Å². The molecule has 0 amide bonds. The van der Waals surface area contributed by atoms with Crippen LogP contribution < -0.4 is 4.90 Å². The SMILES string of the molecule is CN(C)CN(c1c(C=O)cnc2[nH]ccc12)C1CCCCC1. The molecule has 0 spiro atoms. The van der Waals surface area contributed by atoms with Crippen molar-refractivity contribution in [2.75, 3.05) is 25.7 Å². The highest BCUT2D eigenvalue weighted by atomic mass is 16.1. The maximum Gasteiger partial charge on any atom is 0.153 e. The van der Waals surface area contributed by atoms with Crippen LogP contribution in [0.2, 0.25) is 0 Å². The second-order valence-corrected chi connectivity index (χ2v) is 6.40. The van der Waals surface area contributed by atoms with Crippen molar-refractivity contribution in [1.29, 1.82) is 0 Å². The second-order valence-electron chi connectivity index (χ2n) is 6.40. The topological polar surface area (TPSA) is 52.2 Å². The van der Waals surface area contributed by atoms with E-state index < -0.39 is 0 Å². The summed E-state index contributed by atoms with van der Waals surface area (Å²) in [6, 6.07) is 2.52. The van der Waals surface area contributed by atoms with E-state index in [0.717, 1.165) is 29.7 Å². The molecular weight excluding hydrogens is 276 g/mol. The number of nitrogens with one attached hydrogen (secondary N) is 1. The number of aromatic amines is 1. The first kappa shape index (κ1) is 15.0. The molecule has 0 atom stereocenters. The predicted molar refractivity (Wildman–Crippen MR) is 89.4 cm³/mol. The number of H-pyrrole nitrogens is 1. The molecule has 1 saturated carbocycles. The van der Waals surface area contributed by atoms with Crippen LogP contribution in [0.1, 0.15) is 42.5 Å². The van der Waals surface area contributed by atoms with E-state index in [2.05, 4.69) is 33.9 Å². The number of anilines is 1.